The summed E-state index contributed by atoms with van der Waals surface area (Å²) in [6.07, 6.45) is 0.117. The predicted molar refractivity (Wildman–Crippen MR) is 28.8 cm³/mol. The number of nitrogens with two attached hydrogens (primary N) is 1. The molecular formula is C4H9NO4. The van der Waals surface area contributed by atoms with Crippen molar-refractivity contribution in [3.63, 3.8) is 0 Å². The lowest BCUT2D eigenvalue weighted by Gasteiger charge is -2.01. The van der Waals surface area contributed by atoms with Crippen molar-refractivity contribution < 1.29 is 20.0 Å². The topological polar surface area (TPSA) is 92.8 Å². The summed E-state index contributed by atoms with van der Waals surface area (Å²) >= 11 is 0. The molecule has 0 fully saturated rings. The van der Waals surface area contributed by atoms with E-state index in [9.17, 15) is 4.79 Å². The maximum Gasteiger partial charge on any atom is 0.320 e. The predicted octanol–water partition coefficient (Wildman–Crippen LogP) is -0.722. The zero-order valence-electron chi connectivity index (χ0n) is 4.78. The van der Waals surface area contributed by atoms with Gasteiger partial charge in [0.15, 0.2) is 0 Å². The summed E-state index contributed by atoms with van der Waals surface area (Å²) in [5.74, 6) is -1.09. The third-order valence-electron chi connectivity index (χ3n) is 0.837. The molecular weight excluding hydrogens is 126 g/mol. The molecule has 0 aliphatic rings. The van der Waals surface area contributed by atoms with Crippen LogP contribution in [0.1, 0.15) is 6.42 Å². The van der Waals surface area contributed by atoms with Gasteiger partial charge in [0, 0.05) is 0 Å². The largest absolute Gasteiger partial charge is 0.480 e. The highest BCUT2D eigenvalue weighted by atomic mass is 17.1. The average Bonchev–Trinajstić information content (AvgIpc) is 1.82. The SMILES string of the molecule is NC(CCOO)C(=O)O. The molecule has 0 aliphatic heterocycles. The van der Waals surface area contributed by atoms with E-state index in [1.165, 1.54) is 0 Å². The van der Waals surface area contributed by atoms with Crippen LogP contribution in [0.25, 0.3) is 0 Å². The van der Waals surface area contributed by atoms with E-state index < -0.39 is 12.0 Å². The number of aliphatic carboxylic acids is 1. The van der Waals surface area contributed by atoms with Crippen molar-refractivity contribution in [1.82, 2.24) is 0 Å². The zero-order valence-corrected chi connectivity index (χ0v) is 4.78. The fourth-order valence-electron chi connectivity index (χ4n) is 0.303. The lowest BCUT2D eigenvalue weighted by atomic mass is 10.2. The minimum Gasteiger partial charge on any atom is -0.480 e. The first-order valence-corrected chi connectivity index (χ1v) is 2.43. The van der Waals surface area contributed by atoms with Crippen molar-refractivity contribution in [2.45, 2.75) is 12.5 Å². The van der Waals surface area contributed by atoms with Gasteiger partial charge in [-0.2, -0.15) is 0 Å². The number of hydrogen-bond acceptors (Lipinski definition) is 4. The van der Waals surface area contributed by atoms with Crippen molar-refractivity contribution in [3.05, 3.63) is 0 Å². The minimum atomic E-state index is -1.09. The maximum absolute atomic E-state index is 9.94. The second-order valence-corrected chi connectivity index (χ2v) is 1.57. The summed E-state index contributed by atoms with van der Waals surface area (Å²) in [6, 6.07) is -0.947. The van der Waals surface area contributed by atoms with Gasteiger partial charge in [-0.05, 0) is 6.42 Å². The molecule has 1 unspecified atom stereocenters. The van der Waals surface area contributed by atoms with Gasteiger partial charge in [0.2, 0.25) is 0 Å². The number of rotatable bonds is 4. The van der Waals surface area contributed by atoms with Gasteiger partial charge in [-0.25, -0.2) is 4.89 Å². The van der Waals surface area contributed by atoms with E-state index in [1.807, 2.05) is 0 Å². The second-order valence-electron chi connectivity index (χ2n) is 1.57. The van der Waals surface area contributed by atoms with Gasteiger partial charge in [0.05, 0.1) is 6.61 Å². The maximum atomic E-state index is 9.94. The molecule has 4 N–H and O–H groups in total. The third kappa shape index (κ3) is 3.89. The number of hydrogen-bond donors (Lipinski definition) is 3. The normalized spacial score (nSPS) is 13.1. The Balaban J connectivity index is 3.27. The molecule has 9 heavy (non-hydrogen) atoms. The van der Waals surface area contributed by atoms with Crippen molar-refractivity contribution in [2.75, 3.05) is 6.61 Å². The molecule has 0 spiro atoms. The van der Waals surface area contributed by atoms with Gasteiger partial charge >= 0.3 is 5.97 Å². The lowest BCUT2D eigenvalue weighted by Crippen LogP contribution is -2.31. The van der Waals surface area contributed by atoms with Crippen LogP contribution in [0.15, 0.2) is 0 Å². The third-order valence-corrected chi connectivity index (χ3v) is 0.837. The Hall–Kier alpha value is -0.650. The van der Waals surface area contributed by atoms with Gasteiger partial charge in [-0.3, -0.25) is 10.1 Å². The Morgan fingerprint density at radius 1 is 1.78 bits per heavy atom. The smallest absolute Gasteiger partial charge is 0.320 e. The average molecular weight is 135 g/mol. The quantitative estimate of drug-likeness (QED) is 0.349. The van der Waals surface area contributed by atoms with E-state index >= 15 is 0 Å². The van der Waals surface area contributed by atoms with Crippen LogP contribution in [-0.4, -0.2) is 29.0 Å². The van der Waals surface area contributed by atoms with Crippen LogP contribution in [0.4, 0.5) is 0 Å². The number of carboxylic acid groups (broad SMARTS) is 1. The Bertz CT molecular complexity index is 94.6. The number of carboxylic acids is 1. The summed E-state index contributed by atoms with van der Waals surface area (Å²) < 4.78 is 0. The van der Waals surface area contributed by atoms with Crippen LogP contribution in [0, 0.1) is 0 Å². The monoisotopic (exact) mass is 135 g/mol. The van der Waals surface area contributed by atoms with Crippen LogP contribution in [0.2, 0.25) is 0 Å². The molecule has 0 rings (SSSR count). The molecule has 0 radical (unpaired) electrons. The zero-order chi connectivity index (χ0) is 7.28. The van der Waals surface area contributed by atoms with Crippen molar-refractivity contribution >= 4 is 5.97 Å². The van der Waals surface area contributed by atoms with E-state index in [-0.39, 0.29) is 13.0 Å². The Kier molecular flexibility index (Phi) is 3.94. The summed E-state index contributed by atoms with van der Waals surface area (Å²) in [4.78, 5) is 13.6. The molecule has 0 heterocycles. The van der Waals surface area contributed by atoms with Crippen molar-refractivity contribution in [1.29, 1.82) is 0 Å². The van der Waals surface area contributed by atoms with E-state index in [0.29, 0.717) is 0 Å². The summed E-state index contributed by atoms with van der Waals surface area (Å²) in [7, 11) is 0. The Labute approximate surface area is 52.0 Å². The molecule has 54 valence electrons. The summed E-state index contributed by atoms with van der Waals surface area (Å²) in [6.45, 7) is -0.0481. The van der Waals surface area contributed by atoms with Gasteiger partial charge in [-0.15, -0.1) is 0 Å². The highest BCUT2D eigenvalue weighted by Crippen LogP contribution is 1.86. The van der Waals surface area contributed by atoms with Gasteiger partial charge in [-0.1, -0.05) is 0 Å². The first kappa shape index (κ1) is 8.35. The van der Waals surface area contributed by atoms with Crippen molar-refractivity contribution in [2.24, 2.45) is 5.73 Å². The van der Waals surface area contributed by atoms with E-state index in [2.05, 4.69) is 4.89 Å². The molecule has 5 heteroatoms. The summed E-state index contributed by atoms with van der Waals surface area (Å²) in [5.41, 5.74) is 5.01. The van der Waals surface area contributed by atoms with Crippen LogP contribution >= 0.6 is 0 Å². The molecule has 0 saturated heterocycles. The first-order chi connectivity index (χ1) is 4.18. The second kappa shape index (κ2) is 4.25. The molecule has 0 bridgehead atoms. The van der Waals surface area contributed by atoms with Crippen LogP contribution < -0.4 is 5.73 Å². The highest BCUT2D eigenvalue weighted by molar-refractivity contribution is 5.72. The fourth-order valence-corrected chi connectivity index (χ4v) is 0.303. The minimum absolute atomic E-state index is 0.0481. The van der Waals surface area contributed by atoms with Gasteiger partial charge < -0.3 is 10.8 Å². The highest BCUT2D eigenvalue weighted by Gasteiger charge is 2.09. The lowest BCUT2D eigenvalue weighted by molar-refractivity contribution is -0.243. The van der Waals surface area contributed by atoms with Crippen LogP contribution in [0.5, 0.6) is 0 Å². The van der Waals surface area contributed by atoms with Crippen molar-refractivity contribution in [3.8, 4) is 0 Å². The molecule has 0 saturated carbocycles. The number of carbonyl (C=O) groups is 1. The molecule has 5 nitrogen and oxygen atoms in total. The first-order valence-electron chi connectivity index (χ1n) is 2.43. The molecule has 0 amide bonds. The van der Waals surface area contributed by atoms with E-state index in [1.54, 1.807) is 0 Å². The van der Waals surface area contributed by atoms with Gasteiger partial charge in [0.1, 0.15) is 6.04 Å². The molecule has 0 aromatic heterocycles. The Morgan fingerprint density at radius 3 is 2.67 bits per heavy atom. The fraction of sp³-hybridized carbons (Fsp3) is 0.750. The van der Waals surface area contributed by atoms with E-state index in [0.717, 1.165) is 0 Å². The van der Waals surface area contributed by atoms with Crippen LogP contribution in [-0.2, 0) is 9.68 Å². The Morgan fingerprint density at radius 2 is 2.33 bits per heavy atom. The standard InChI is InChI=1S/C4H9NO4/c5-3(4(6)7)1-2-9-8/h3,8H,1-2,5H2,(H,6,7). The van der Waals surface area contributed by atoms with Crippen LogP contribution in [0.3, 0.4) is 0 Å². The molecule has 1 atom stereocenters. The molecule has 0 aromatic carbocycles. The van der Waals surface area contributed by atoms with Gasteiger partial charge in [0.25, 0.3) is 0 Å². The molecule has 0 aromatic rings. The van der Waals surface area contributed by atoms with E-state index in [4.69, 9.17) is 16.1 Å². The molecule has 0 aliphatic carbocycles. The summed E-state index contributed by atoms with van der Waals surface area (Å²) in [5, 5.41) is 15.9.